The molecule has 148 valence electrons. The van der Waals surface area contributed by atoms with Crippen LogP contribution in [-0.4, -0.2) is 29.2 Å². The zero-order chi connectivity index (χ0) is 20.1. The van der Waals surface area contributed by atoms with E-state index in [1.807, 2.05) is 30.3 Å². The van der Waals surface area contributed by atoms with Crippen molar-refractivity contribution >= 4 is 39.3 Å². The van der Waals surface area contributed by atoms with Gasteiger partial charge in [0.1, 0.15) is 6.54 Å². The molecule has 0 radical (unpaired) electrons. The second kappa shape index (κ2) is 7.10. The lowest BCUT2D eigenvalue weighted by atomic mass is 9.73. The number of hydrogen-bond acceptors (Lipinski definition) is 3. The molecular formula is C23H21BrN2O3. The van der Waals surface area contributed by atoms with Crippen molar-refractivity contribution < 1.29 is 14.4 Å². The molecule has 1 saturated heterocycles. The molecule has 1 heterocycles. The largest absolute Gasteiger partial charge is 0.325 e. The van der Waals surface area contributed by atoms with E-state index < -0.39 is 0 Å². The number of nitrogens with one attached hydrogen (secondary N) is 1. The Morgan fingerprint density at radius 3 is 2.38 bits per heavy atom. The first-order chi connectivity index (χ1) is 14.0. The summed E-state index contributed by atoms with van der Waals surface area (Å²) in [5.74, 6) is -0.421. The molecule has 6 heteroatoms. The molecule has 1 N–H and O–H groups in total. The molecule has 0 aromatic heterocycles. The van der Waals surface area contributed by atoms with Crippen LogP contribution >= 0.6 is 15.9 Å². The lowest BCUT2D eigenvalue weighted by Gasteiger charge is -2.28. The SMILES string of the molecule is O=C(CN1C(=O)[C@@H]2[C@H]3C[C@H]([C@H]2C1=O)[C@H](c1ccccc1)C3)Nc1ccc(Br)cc1. The fourth-order valence-electron chi connectivity index (χ4n) is 5.64. The average Bonchev–Trinajstić information content (AvgIpc) is 3.38. The van der Waals surface area contributed by atoms with Gasteiger partial charge in [0.25, 0.3) is 0 Å². The standard InChI is InChI=1S/C23H21BrN2O3/c24-15-6-8-16(9-7-15)25-19(27)12-26-22(28)20-14-10-17(13-4-2-1-3-5-13)18(11-14)21(20)23(26)29/h1-9,14,17-18,20-21H,10-12H2,(H,25,27)/t14-,17+,18+,20-,21-/m1/s1. The van der Waals surface area contributed by atoms with Gasteiger partial charge in [-0.15, -0.1) is 0 Å². The minimum Gasteiger partial charge on any atom is -0.325 e. The number of carbonyl (C=O) groups is 3. The second-order valence-corrected chi connectivity index (χ2v) is 9.20. The summed E-state index contributed by atoms with van der Waals surface area (Å²) in [6.07, 6.45) is 1.89. The van der Waals surface area contributed by atoms with Gasteiger partial charge in [-0.1, -0.05) is 46.3 Å². The number of carbonyl (C=O) groups excluding carboxylic acids is 3. The zero-order valence-corrected chi connectivity index (χ0v) is 17.3. The van der Waals surface area contributed by atoms with Crippen LogP contribution in [0.25, 0.3) is 0 Å². The van der Waals surface area contributed by atoms with Crippen molar-refractivity contribution in [2.45, 2.75) is 18.8 Å². The van der Waals surface area contributed by atoms with Crippen molar-refractivity contribution in [3.05, 3.63) is 64.6 Å². The number of anilines is 1. The van der Waals surface area contributed by atoms with E-state index >= 15 is 0 Å². The molecule has 1 aliphatic heterocycles. The van der Waals surface area contributed by atoms with Crippen LogP contribution in [0.2, 0.25) is 0 Å². The molecule has 5 nitrogen and oxygen atoms in total. The molecule has 2 bridgehead atoms. The first-order valence-corrected chi connectivity index (χ1v) is 10.8. The topological polar surface area (TPSA) is 66.5 Å². The van der Waals surface area contributed by atoms with Crippen LogP contribution < -0.4 is 5.32 Å². The van der Waals surface area contributed by atoms with Crippen LogP contribution in [0, 0.1) is 23.7 Å². The Bertz CT molecular complexity index is 975. The molecule has 3 aliphatic rings. The van der Waals surface area contributed by atoms with Crippen molar-refractivity contribution in [2.24, 2.45) is 23.7 Å². The maximum Gasteiger partial charge on any atom is 0.244 e. The highest BCUT2D eigenvalue weighted by Crippen LogP contribution is 2.61. The number of nitrogens with zero attached hydrogens (tertiary/aromatic N) is 1. The molecule has 5 atom stereocenters. The predicted molar refractivity (Wildman–Crippen MR) is 112 cm³/mol. The van der Waals surface area contributed by atoms with Gasteiger partial charge in [0.05, 0.1) is 11.8 Å². The van der Waals surface area contributed by atoms with Crippen molar-refractivity contribution in [2.75, 3.05) is 11.9 Å². The van der Waals surface area contributed by atoms with Gasteiger partial charge in [-0.05, 0) is 60.4 Å². The number of fused-ring (bicyclic) bond motifs is 5. The molecule has 3 fully saturated rings. The third kappa shape index (κ3) is 3.10. The highest BCUT2D eigenvalue weighted by atomic mass is 79.9. The summed E-state index contributed by atoms with van der Waals surface area (Å²) in [5, 5.41) is 2.77. The van der Waals surface area contributed by atoms with Crippen LogP contribution in [0.3, 0.4) is 0 Å². The van der Waals surface area contributed by atoms with E-state index in [0.717, 1.165) is 17.3 Å². The van der Waals surface area contributed by atoms with Crippen molar-refractivity contribution in [3.63, 3.8) is 0 Å². The van der Waals surface area contributed by atoms with E-state index in [0.29, 0.717) is 11.6 Å². The summed E-state index contributed by atoms with van der Waals surface area (Å²) in [6, 6.07) is 17.5. The third-order valence-corrected chi connectivity index (χ3v) is 7.29. The summed E-state index contributed by atoms with van der Waals surface area (Å²) < 4.78 is 0.914. The summed E-state index contributed by atoms with van der Waals surface area (Å²) in [4.78, 5) is 39.7. The quantitative estimate of drug-likeness (QED) is 0.717. The first kappa shape index (κ1) is 18.6. The van der Waals surface area contributed by atoms with Gasteiger partial charge < -0.3 is 5.32 Å². The van der Waals surface area contributed by atoms with Gasteiger partial charge in [-0.25, -0.2) is 0 Å². The van der Waals surface area contributed by atoms with Crippen molar-refractivity contribution in [1.29, 1.82) is 0 Å². The Morgan fingerprint density at radius 1 is 0.966 bits per heavy atom. The summed E-state index contributed by atoms with van der Waals surface area (Å²) in [6.45, 7) is -0.212. The number of likely N-dealkylation sites (tertiary alicyclic amines) is 1. The molecule has 29 heavy (non-hydrogen) atoms. The molecule has 2 saturated carbocycles. The van der Waals surface area contributed by atoms with Gasteiger partial charge in [-0.2, -0.15) is 0 Å². The molecular weight excluding hydrogens is 432 g/mol. The Labute approximate surface area is 177 Å². The Kier molecular flexibility index (Phi) is 4.54. The van der Waals surface area contributed by atoms with Crippen LogP contribution in [0.4, 0.5) is 5.69 Å². The van der Waals surface area contributed by atoms with Gasteiger partial charge in [0.2, 0.25) is 17.7 Å². The smallest absolute Gasteiger partial charge is 0.244 e. The fraction of sp³-hybridized carbons (Fsp3) is 0.348. The molecule has 2 aliphatic carbocycles. The lowest BCUT2D eigenvalue weighted by molar-refractivity contribution is -0.143. The molecule has 2 aromatic rings. The second-order valence-electron chi connectivity index (χ2n) is 8.28. The van der Waals surface area contributed by atoms with Crippen molar-refractivity contribution in [3.8, 4) is 0 Å². The molecule has 3 amide bonds. The summed E-state index contributed by atoms with van der Waals surface area (Å²) >= 11 is 3.35. The predicted octanol–water partition coefficient (Wildman–Crippen LogP) is 3.81. The zero-order valence-electron chi connectivity index (χ0n) is 15.8. The number of amides is 3. The monoisotopic (exact) mass is 452 g/mol. The first-order valence-electron chi connectivity index (χ1n) is 9.98. The number of benzene rings is 2. The van der Waals surface area contributed by atoms with Crippen LogP contribution in [0.1, 0.15) is 24.3 Å². The normalized spacial score (nSPS) is 30.0. The van der Waals surface area contributed by atoms with Gasteiger partial charge >= 0.3 is 0 Å². The fourth-order valence-corrected chi connectivity index (χ4v) is 5.90. The Hall–Kier alpha value is -2.47. The van der Waals surface area contributed by atoms with E-state index in [1.165, 1.54) is 10.5 Å². The van der Waals surface area contributed by atoms with Gasteiger partial charge in [0, 0.05) is 10.2 Å². The minimum absolute atomic E-state index is 0.162. The van der Waals surface area contributed by atoms with E-state index in [4.69, 9.17) is 0 Å². The van der Waals surface area contributed by atoms with Crippen molar-refractivity contribution in [1.82, 2.24) is 4.90 Å². The number of rotatable bonds is 4. The van der Waals surface area contributed by atoms with Gasteiger partial charge in [-0.3, -0.25) is 19.3 Å². The molecule has 0 spiro atoms. The molecule has 0 unspecified atom stereocenters. The molecule has 5 rings (SSSR count). The van der Waals surface area contributed by atoms with Crippen LogP contribution in [0.15, 0.2) is 59.1 Å². The van der Waals surface area contributed by atoms with E-state index in [9.17, 15) is 14.4 Å². The number of hydrogen-bond donors (Lipinski definition) is 1. The Morgan fingerprint density at radius 2 is 1.66 bits per heavy atom. The summed E-state index contributed by atoms with van der Waals surface area (Å²) in [7, 11) is 0. The lowest BCUT2D eigenvalue weighted by Crippen LogP contribution is -2.39. The van der Waals surface area contributed by atoms with E-state index in [-0.39, 0.29) is 47.9 Å². The van der Waals surface area contributed by atoms with Crippen LogP contribution in [0.5, 0.6) is 0 Å². The number of halogens is 1. The minimum atomic E-state index is -0.346. The van der Waals surface area contributed by atoms with E-state index in [1.54, 1.807) is 12.1 Å². The average molecular weight is 453 g/mol. The maximum atomic E-state index is 13.1. The van der Waals surface area contributed by atoms with Crippen LogP contribution in [-0.2, 0) is 14.4 Å². The highest BCUT2D eigenvalue weighted by Gasteiger charge is 2.63. The highest BCUT2D eigenvalue weighted by molar-refractivity contribution is 9.10. The third-order valence-electron chi connectivity index (χ3n) is 6.76. The Balaban J connectivity index is 1.31. The van der Waals surface area contributed by atoms with Gasteiger partial charge in [0.15, 0.2) is 0 Å². The summed E-state index contributed by atoms with van der Waals surface area (Å²) in [5.41, 5.74) is 1.90. The maximum absolute atomic E-state index is 13.1. The number of imide groups is 1. The molecule has 2 aromatic carbocycles. The van der Waals surface area contributed by atoms with E-state index in [2.05, 4.69) is 33.4 Å².